The molecule has 5 N–H and O–H groups in total. The molecule has 0 atom stereocenters. The van der Waals surface area contributed by atoms with Crippen molar-refractivity contribution in [1.29, 1.82) is 0 Å². The summed E-state index contributed by atoms with van der Waals surface area (Å²) in [4.78, 5) is 26.3. The van der Waals surface area contributed by atoms with E-state index in [0.717, 1.165) is 39.4 Å². The number of anilines is 2. The van der Waals surface area contributed by atoms with Crippen molar-refractivity contribution in [2.45, 2.75) is 17.7 Å². The number of hydrogen-bond acceptors (Lipinski definition) is 5. The van der Waals surface area contributed by atoms with Gasteiger partial charge in [-0.1, -0.05) is 17.7 Å². The Morgan fingerprint density at radius 3 is 2.50 bits per heavy atom. The molecule has 7 nitrogen and oxygen atoms in total. The van der Waals surface area contributed by atoms with E-state index in [4.69, 9.17) is 23.1 Å². The second-order valence-corrected chi connectivity index (χ2v) is 9.50. The lowest BCUT2D eigenvalue weighted by molar-refractivity contribution is 0.0992. The molecule has 0 saturated heterocycles. The van der Waals surface area contributed by atoms with Gasteiger partial charge < -0.3 is 16.8 Å². The van der Waals surface area contributed by atoms with Crippen molar-refractivity contribution < 1.29 is 9.59 Å². The number of halogens is 2. The Morgan fingerprint density at radius 1 is 1.06 bits per heavy atom. The minimum Gasteiger partial charge on any atom is -0.399 e. The van der Waals surface area contributed by atoms with Crippen LogP contribution in [0.5, 0.6) is 0 Å². The van der Waals surface area contributed by atoms with E-state index in [0.29, 0.717) is 28.4 Å². The number of hydrogen-bond donors (Lipinski definition) is 3. The third-order valence-corrected chi connectivity index (χ3v) is 7.11. The Bertz CT molecular complexity index is 1480. The molecule has 1 heterocycles. The molecule has 1 aliphatic rings. The number of carbonyl (C=O) groups excluding carboxylic acids is 2. The third-order valence-electron chi connectivity index (χ3n) is 6.04. The Morgan fingerprint density at radius 2 is 1.81 bits per heavy atom. The lowest BCUT2D eigenvalue weighted by Gasteiger charge is -2.20. The van der Waals surface area contributed by atoms with Crippen LogP contribution in [-0.4, -0.2) is 27.9 Å². The Labute approximate surface area is 223 Å². The molecule has 3 aromatic carbocycles. The summed E-state index contributed by atoms with van der Waals surface area (Å²) < 4.78 is 1.76. The van der Waals surface area contributed by atoms with Gasteiger partial charge in [0.2, 0.25) is 0 Å². The van der Waals surface area contributed by atoms with Crippen LogP contribution in [0.25, 0.3) is 16.9 Å². The largest absolute Gasteiger partial charge is 0.399 e. The molecule has 10 heteroatoms. The molecule has 0 bridgehead atoms. The molecular weight excluding hydrogens is 517 g/mol. The minimum atomic E-state index is -0.565. The number of benzene rings is 3. The lowest BCUT2D eigenvalue weighted by Crippen LogP contribution is -2.16. The number of primary amides is 1. The highest BCUT2D eigenvalue weighted by Crippen LogP contribution is 2.38. The molecule has 1 aromatic heterocycles. The van der Waals surface area contributed by atoms with Gasteiger partial charge in [0.05, 0.1) is 22.0 Å². The molecule has 5 rings (SSSR count). The van der Waals surface area contributed by atoms with Crippen LogP contribution in [0.15, 0.2) is 65.6 Å². The topological polar surface area (TPSA) is 116 Å². The lowest BCUT2D eigenvalue weighted by atomic mass is 9.88. The summed E-state index contributed by atoms with van der Waals surface area (Å²) in [6.45, 7) is 0. The van der Waals surface area contributed by atoms with E-state index >= 15 is 0 Å². The van der Waals surface area contributed by atoms with Crippen molar-refractivity contribution in [1.82, 2.24) is 9.78 Å². The van der Waals surface area contributed by atoms with Crippen molar-refractivity contribution in [3.05, 3.63) is 88.1 Å². The van der Waals surface area contributed by atoms with Gasteiger partial charge in [-0.15, -0.1) is 24.2 Å². The van der Waals surface area contributed by atoms with Gasteiger partial charge >= 0.3 is 0 Å². The van der Waals surface area contributed by atoms with Gasteiger partial charge in [0, 0.05) is 27.4 Å². The van der Waals surface area contributed by atoms with E-state index in [1.807, 2.05) is 48.7 Å². The number of aryl methyl sites for hydroxylation is 1. The fourth-order valence-corrected chi connectivity index (χ4v) is 4.95. The standard InChI is InChI=1S/C26H22ClN5O2S.ClH/c1-35-18-8-6-17(7-9-18)32-24-19(23(31-32)25(29)33)10-3-14-2-5-16(13-20(14)24)30-26(34)21-12-15(28)4-11-22(21)27;/h2,4-9,11-13H,3,10,28H2,1H3,(H2,29,33)(H,30,34);1H. The highest BCUT2D eigenvalue weighted by Gasteiger charge is 2.28. The summed E-state index contributed by atoms with van der Waals surface area (Å²) in [7, 11) is 0. The van der Waals surface area contributed by atoms with E-state index in [2.05, 4.69) is 10.4 Å². The number of thioether (sulfide) groups is 1. The van der Waals surface area contributed by atoms with E-state index in [1.165, 1.54) is 0 Å². The average Bonchev–Trinajstić information content (AvgIpc) is 3.26. The van der Waals surface area contributed by atoms with Crippen LogP contribution in [0.1, 0.15) is 32.0 Å². The first-order valence-corrected chi connectivity index (χ1v) is 12.5. The Balaban J connectivity index is 0.00000304. The van der Waals surface area contributed by atoms with Crippen LogP contribution < -0.4 is 16.8 Å². The predicted molar refractivity (Wildman–Crippen MR) is 148 cm³/mol. The highest BCUT2D eigenvalue weighted by atomic mass is 35.5. The van der Waals surface area contributed by atoms with Crippen LogP contribution in [-0.2, 0) is 12.8 Å². The molecule has 0 radical (unpaired) electrons. The number of nitrogens with zero attached hydrogens (tertiary/aromatic N) is 2. The maximum atomic E-state index is 12.9. The number of amides is 2. The zero-order valence-corrected chi connectivity index (χ0v) is 21.6. The maximum Gasteiger partial charge on any atom is 0.269 e. The molecule has 0 spiro atoms. The number of carbonyl (C=O) groups is 2. The smallest absolute Gasteiger partial charge is 0.269 e. The summed E-state index contributed by atoms with van der Waals surface area (Å²) in [6.07, 6.45) is 3.39. The van der Waals surface area contributed by atoms with Gasteiger partial charge in [-0.05, 0) is 79.3 Å². The van der Waals surface area contributed by atoms with E-state index in [1.54, 1.807) is 34.6 Å². The van der Waals surface area contributed by atoms with Gasteiger partial charge in [-0.2, -0.15) is 5.10 Å². The minimum absolute atomic E-state index is 0. The van der Waals surface area contributed by atoms with Crippen molar-refractivity contribution in [2.24, 2.45) is 5.73 Å². The number of rotatable bonds is 5. The molecule has 0 aliphatic heterocycles. The van der Waals surface area contributed by atoms with Crippen LogP contribution in [0.3, 0.4) is 0 Å². The van der Waals surface area contributed by atoms with E-state index in [-0.39, 0.29) is 24.0 Å². The van der Waals surface area contributed by atoms with Crippen molar-refractivity contribution in [3.8, 4) is 16.9 Å². The number of fused-ring (bicyclic) bond motifs is 3. The Kier molecular flexibility index (Phi) is 7.31. The number of nitrogens with two attached hydrogens (primary N) is 2. The fourth-order valence-electron chi connectivity index (χ4n) is 4.34. The third kappa shape index (κ3) is 4.67. The molecule has 0 fully saturated rings. The number of nitrogen functional groups attached to an aromatic ring is 1. The highest BCUT2D eigenvalue weighted by molar-refractivity contribution is 7.98. The van der Waals surface area contributed by atoms with E-state index in [9.17, 15) is 9.59 Å². The SMILES string of the molecule is CSc1ccc(-n2nc(C(N)=O)c3c2-c2cc(NC(=O)c4cc(N)ccc4Cl)ccc2CC3)cc1.Cl. The zero-order valence-electron chi connectivity index (χ0n) is 19.2. The first kappa shape index (κ1) is 25.6. The van der Waals surface area contributed by atoms with Crippen LogP contribution in [0, 0.1) is 0 Å². The Hall–Kier alpha value is -3.46. The molecule has 0 unspecified atom stereocenters. The summed E-state index contributed by atoms with van der Waals surface area (Å²) >= 11 is 7.86. The number of nitrogens with one attached hydrogen (secondary N) is 1. The van der Waals surface area contributed by atoms with Crippen LogP contribution >= 0.6 is 35.8 Å². The van der Waals surface area contributed by atoms with Crippen molar-refractivity contribution in [2.75, 3.05) is 17.3 Å². The van der Waals surface area contributed by atoms with Gasteiger partial charge in [0.1, 0.15) is 0 Å². The van der Waals surface area contributed by atoms with Gasteiger partial charge in [-0.25, -0.2) is 4.68 Å². The van der Waals surface area contributed by atoms with Gasteiger partial charge in [0.15, 0.2) is 5.69 Å². The monoisotopic (exact) mass is 539 g/mol. The first-order valence-electron chi connectivity index (χ1n) is 10.9. The summed E-state index contributed by atoms with van der Waals surface area (Å²) in [5.41, 5.74) is 17.5. The molecule has 0 saturated carbocycles. The summed E-state index contributed by atoms with van der Waals surface area (Å²) in [5, 5.41) is 7.81. The summed E-state index contributed by atoms with van der Waals surface area (Å²) in [6, 6.07) is 18.4. The molecular formula is C26H23Cl2N5O2S. The molecule has 1 aliphatic carbocycles. The molecule has 36 heavy (non-hydrogen) atoms. The average molecular weight is 540 g/mol. The fraction of sp³-hybridized carbons (Fsp3) is 0.115. The molecule has 4 aromatic rings. The first-order chi connectivity index (χ1) is 16.9. The quantitative estimate of drug-likeness (QED) is 0.233. The second-order valence-electron chi connectivity index (χ2n) is 8.22. The summed E-state index contributed by atoms with van der Waals surface area (Å²) in [5.74, 6) is -0.929. The molecule has 184 valence electrons. The predicted octanol–water partition coefficient (Wildman–Crippen LogP) is 5.37. The van der Waals surface area contributed by atoms with Crippen molar-refractivity contribution in [3.63, 3.8) is 0 Å². The molecule has 2 amide bonds. The van der Waals surface area contributed by atoms with E-state index < -0.39 is 5.91 Å². The second kappa shape index (κ2) is 10.3. The van der Waals surface area contributed by atoms with Crippen LogP contribution in [0.4, 0.5) is 11.4 Å². The zero-order chi connectivity index (χ0) is 24.7. The van der Waals surface area contributed by atoms with Gasteiger partial charge in [0.25, 0.3) is 11.8 Å². The van der Waals surface area contributed by atoms with Gasteiger partial charge in [-0.3, -0.25) is 9.59 Å². The van der Waals surface area contributed by atoms with Crippen LogP contribution in [0.2, 0.25) is 5.02 Å². The van der Waals surface area contributed by atoms with Crippen molar-refractivity contribution >= 4 is 59.0 Å². The maximum absolute atomic E-state index is 12.9. The number of aromatic nitrogens is 2. The normalized spacial score (nSPS) is 11.7.